The lowest BCUT2D eigenvalue weighted by Crippen LogP contribution is -2.52. The molecule has 1 amide bonds. The minimum atomic E-state index is -3.58. The number of rotatable bonds is 5. The van der Waals surface area contributed by atoms with Gasteiger partial charge in [0.25, 0.3) is 0 Å². The number of hydrogen-bond acceptors (Lipinski definition) is 5. The Balaban J connectivity index is 1.50. The van der Waals surface area contributed by atoms with Gasteiger partial charge in [0.05, 0.1) is 0 Å². The van der Waals surface area contributed by atoms with E-state index >= 15 is 0 Å². The number of amides is 1. The van der Waals surface area contributed by atoms with Crippen molar-refractivity contribution in [1.82, 2.24) is 14.5 Å². The third-order valence-corrected chi connectivity index (χ3v) is 10.1. The second-order valence-corrected chi connectivity index (χ2v) is 12.3. The fourth-order valence-corrected chi connectivity index (χ4v) is 7.53. The quantitative estimate of drug-likeness (QED) is 0.655. The number of thiophene rings is 1. The van der Waals surface area contributed by atoms with Gasteiger partial charge in [0.15, 0.2) is 0 Å². The fraction of sp³-hybridized carbons (Fsp3) is 0.722. The summed E-state index contributed by atoms with van der Waals surface area (Å²) in [7, 11) is -3.58. The van der Waals surface area contributed by atoms with E-state index in [0.717, 1.165) is 50.4 Å². The largest absolute Gasteiger partial charge is 0.340 e. The molecule has 0 bridgehead atoms. The summed E-state index contributed by atoms with van der Waals surface area (Å²) in [5.41, 5.74) is 0. The topological polar surface area (TPSA) is 69.7 Å². The number of hydrogen-bond donors (Lipinski definition) is 1. The molecular weight excluding hydrogens is 486 g/mol. The number of carbonyl (C=O) groups is 1. The second-order valence-electron chi connectivity index (χ2n) is 7.81. The molecule has 1 aromatic rings. The van der Waals surface area contributed by atoms with E-state index in [4.69, 9.17) is 11.6 Å². The third-order valence-electron chi connectivity index (χ3n) is 5.64. The van der Waals surface area contributed by atoms with Crippen LogP contribution < -0.4 is 4.72 Å². The van der Waals surface area contributed by atoms with E-state index in [0.29, 0.717) is 27.7 Å². The highest BCUT2D eigenvalue weighted by Gasteiger charge is 2.33. The Kier molecular flexibility index (Phi) is 7.48. The van der Waals surface area contributed by atoms with Crippen molar-refractivity contribution in [3.8, 4) is 0 Å². The van der Waals surface area contributed by atoms with Crippen LogP contribution in [0, 0.1) is 5.92 Å². The maximum atomic E-state index is 12.8. The van der Waals surface area contributed by atoms with Crippen LogP contribution in [0.3, 0.4) is 0 Å². The molecule has 2 heterocycles. The summed E-state index contributed by atoms with van der Waals surface area (Å²) in [4.78, 5) is 17.2. The van der Waals surface area contributed by atoms with E-state index < -0.39 is 10.0 Å². The average molecular weight is 513 g/mol. The van der Waals surface area contributed by atoms with Crippen LogP contribution in [-0.2, 0) is 14.8 Å². The molecular formula is C18H27BrClN3O3S2. The highest BCUT2D eigenvalue weighted by atomic mass is 79.9. The molecule has 2 aliphatic rings. The van der Waals surface area contributed by atoms with Crippen LogP contribution in [0.1, 0.15) is 39.5 Å². The first kappa shape index (κ1) is 22.5. The van der Waals surface area contributed by atoms with Crippen LogP contribution in [-0.4, -0.2) is 62.4 Å². The average Bonchev–Trinajstić information content (AvgIpc) is 3.01. The zero-order chi connectivity index (χ0) is 20.5. The summed E-state index contributed by atoms with van der Waals surface area (Å²) < 4.78 is 29.1. The molecule has 1 aliphatic carbocycles. The van der Waals surface area contributed by atoms with Gasteiger partial charge in [0, 0.05) is 48.7 Å². The van der Waals surface area contributed by atoms with E-state index in [9.17, 15) is 13.2 Å². The van der Waals surface area contributed by atoms with Gasteiger partial charge in [-0.1, -0.05) is 11.6 Å². The second kappa shape index (κ2) is 9.31. The molecule has 0 unspecified atom stereocenters. The molecule has 158 valence electrons. The number of carbonyl (C=O) groups excluding carboxylic acids is 1. The Labute approximate surface area is 184 Å². The molecule has 0 aromatic carbocycles. The maximum Gasteiger partial charge on any atom is 0.250 e. The van der Waals surface area contributed by atoms with Gasteiger partial charge in [-0.15, -0.1) is 11.3 Å². The summed E-state index contributed by atoms with van der Waals surface area (Å²) in [6, 6.07) is 1.91. The summed E-state index contributed by atoms with van der Waals surface area (Å²) in [6.07, 6.45) is 2.82. The molecule has 1 saturated heterocycles. The van der Waals surface area contributed by atoms with Gasteiger partial charge >= 0.3 is 0 Å². The highest BCUT2D eigenvalue weighted by Crippen LogP contribution is 2.35. The van der Waals surface area contributed by atoms with Crippen molar-refractivity contribution in [2.45, 2.75) is 55.8 Å². The van der Waals surface area contributed by atoms with Crippen LogP contribution in [0.4, 0.5) is 0 Å². The minimum absolute atomic E-state index is 0.0108. The summed E-state index contributed by atoms with van der Waals surface area (Å²) >= 11 is 10.3. The molecule has 1 saturated carbocycles. The Morgan fingerprint density at radius 1 is 1.21 bits per heavy atom. The zero-order valence-electron chi connectivity index (χ0n) is 16.2. The van der Waals surface area contributed by atoms with Crippen molar-refractivity contribution in [2.75, 3.05) is 26.2 Å². The van der Waals surface area contributed by atoms with E-state index in [-0.39, 0.29) is 22.1 Å². The number of sulfonamides is 1. The fourth-order valence-electron chi connectivity index (χ4n) is 3.91. The van der Waals surface area contributed by atoms with Gasteiger partial charge in [-0.25, -0.2) is 13.1 Å². The normalized spacial score (nSPS) is 24.7. The monoisotopic (exact) mass is 511 g/mol. The van der Waals surface area contributed by atoms with Gasteiger partial charge in [-0.2, -0.15) is 0 Å². The molecule has 28 heavy (non-hydrogen) atoms. The molecule has 1 aromatic heterocycles. The third kappa shape index (κ3) is 5.29. The Bertz CT molecular complexity index is 779. The van der Waals surface area contributed by atoms with E-state index in [1.807, 2.05) is 4.90 Å². The number of nitrogens with one attached hydrogen (secondary N) is 1. The van der Waals surface area contributed by atoms with Crippen molar-refractivity contribution in [3.63, 3.8) is 0 Å². The Morgan fingerprint density at radius 2 is 1.82 bits per heavy atom. The van der Waals surface area contributed by atoms with Gasteiger partial charge in [-0.3, -0.25) is 9.69 Å². The van der Waals surface area contributed by atoms with E-state index in [1.165, 1.54) is 6.07 Å². The molecule has 0 atom stereocenters. The van der Waals surface area contributed by atoms with Crippen molar-refractivity contribution in [2.24, 2.45) is 5.92 Å². The van der Waals surface area contributed by atoms with Gasteiger partial charge in [0.2, 0.25) is 15.9 Å². The predicted octanol–water partition coefficient (Wildman–Crippen LogP) is 3.55. The lowest BCUT2D eigenvalue weighted by molar-refractivity contribution is -0.138. The molecule has 3 rings (SSSR count). The molecule has 0 spiro atoms. The molecule has 10 heteroatoms. The predicted molar refractivity (Wildman–Crippen MR) is 116 cm³/mol. The molecule has 1 aliphatic heterocycles. The summed E-state index contributed by atoms with van der Waals surface area (Å²) in [5, 5.41) is 0. The van der Waals surface area contributed by atoms with Gasteiger partial charge in [0.1, 0.15) is 8.55 Å². The SMILES string of the molecule is CC(C)N1CCN(C(=O)[C@H]2CC[C@H](NS(=O)(=O)c3cc(Br)c(Cl)s3)CC2)CC1. The lowest BCUT2D eigenvalue weighted by atomic mass is 9.85. The molecule has 1 N–H and O–H groups in total. The standard InChI is InChI=1S/C18H27BrClN3O3S2/c1-12(2)22-7-9-23(10-8-22)18(24)13-3-5-14(6-4-13)21-28(25,26)16-11-15(19)17(20)27-16/h11-14,21H,3-10H2,1-2H3/t13-,14-. The molecule has 2 fully saturated rings. The van der Waals surface area contributed by atoms with Gasteiger partial charge in [-0.05, 0) is 61.5 Å². The van der Waals surface area contributed by atoms with Crippen LogP contribution in [0.2, 0.25) is 4.34 Å². The zero-order valence-corrected chi connectivity index (χ0v) is 20.1. The van der Waals surface area contributed by atoms with Crippen LogP contribution in [0.15, 0.2) is 14.7 Å². The van der Waals surface area contributed by atoms with Gasteiger partial charge < -0.3 is 4.90 Å². The lowest BCUT2D eigenvalue weighted by Gasteiger charge is -2.39. The van der Waals surface area contributed by atoms with Crippen molar-refractivity contribution in [1.29, 1.82) is 0 Å². The number of halogens is 2. The van der Waals surface area contributed by atoms with Crippen LogP contribution in [0.25, 0.3) is 0 Å². The van der Waals surface area contributed by atoms with Crippen LogP contribution >= 0.6 is 38.9 Å². The maximum absolute atomic E-state index is 12.8. The first-order chi connectivity index (χ1) is 13.2. The Morgan fingerprint density at radius 3 is 2.32 bits per heavy atom. The first-order valence-corrected chi connectivity index (χ1v) is 13.1. The number of nitrogens with zero attached hydrogens (tertiary/aromatic N) is 2. The molecule has 6 nitrogen and oxygen atoms in total. The summed E-state index contributed by atoms with van der Waals surface area (Å²) in [5.74, 6) is 0.246. The first-order valence-electron chi connectivity index (χ1n) is 9.67. The van der Waals surface area contributed by atoms with Crippen molar-refractivity contribution < 1.29 is 13.2 Å². The highest BCUT2D eigenvalue weighted by molar-refractivity contribution is 9.10. The van der Waals surface area contributed by atoms with Crippen molar-refractivity contribution in [3.05, 3.63) is 14.9 Å². The minimum Gasteiger partial charge on any atom is -0.340 e. The molecule has 0 radical (unpaired) electrons. The number of piperazine rings is 1. The smallest absolute Gasteiger partial charge is 0.250 e. The summed E-state index contributed by atoms with van der Waals surface area (Å²) in [6.45, 7) is 7.80. The van der Waals surface area contributed by atoms with Crippen LogP contribution in [0.5, 0.6) is 0 Å². The van der Waals surface area contributed by atoms with E-state index in [2.05, 4.69) is 39.4 Å². The van der Waals surface area contributed by atoms with Crippen molar-refractivity contribution >= 4 is 54.8 Å². The Hall–Kier alpha value is -0.190. The van der Waals surface area contributed by atoms with E-state index in [1.54, 1.807) is 0 Å².